The molecule has 1 aromatic rings. The second kappa shape index (κ2) is 7.43. The van der Waals surface area contributed by atoms with E-state index in [-0.39, 0.29) is 24.0 Å². The molecular weight excluding hydrogens is 322 g/mol. The normalized spacial score (nSPS) is 21.0. The monoisotopic (exact) mass is 349 g/mol. The lowest BCUT2D eigenvalue weighted by Gasteiger charge is -2.38. The van der Waals surface area contributed by atoms with E-state index in [2.05, 4.69) is 15.4 Å². The quantitative estimate of drug-likeness (QED) is 0.872. The van der Waals surface area contributed by atoms with Gasteiger partial charge in [0.1, 0.15) is 0 Å². The standard InChI is InChI=1S/C17H27N5O3/c1-4-20-9-10-22(17(20)24)14-5-7-21(8-6-14)13(3)16(23)18-15-11-12(2)19-25-15/h11,13-14H,4-10H2,1-3H3,(H,18,23)/t13-/m1/s1. The van der Waals surface area contributed by atoms with Gasteiger partial charge in [-0.2, -0.15) is 0 Å². The fourth-order valence-electron chi connectivity index (χ4n) is 3.63. The highest BCUT2D eigenvalue weighted by Gasteiger charge is 2.36. The smallest absolute Gasteiger partial charge is 0.320 e. The van der Waals surface area contributed by atoms with Crippen molar-refractivity contribution < 1.29 is 14.1 Å². The highest BCUT2D eigenvalue weighted by Crippen LogP contribution is 2.22. The third-order valence-electron chi connectivity index (χ3n) is 5.25. The third-order valence-corrected chi connectivity index (χ3v) is 5.25. The molecule has 138 valence electrons. The maximum Gasteiger partial charge on any atom is 0.320 e. The summed E-state index contributed by atoms with van der Waals surface area (Å²) in [6, 6.07) is 1.91. The fourth-order valence-corrected chi connectivity index (χ4v) is 3.63. The van der Waals surface area contributed by atoms with Crippen LogP contribution in [0.4, 0.5) is 10.7 Å². The van der Waals surface area contributed by atoms with Gasteiger partial charge >= 0.3 is 6.03 Å². The van der Waals surface area contributed by atoms with Crippen LogP contribution in [-0.2, 0) is 4.79 Å². The lowest BCUT2D eigenvalue weighted by molar-refractivity contribution is -0.121. The van der Waals surface area contributed by atoms with Crippen LogP contribution in [0, 0.1) is 6.92 Å². The number of amides is 3. The summed E-state index contributed by atoms with van der Waals surface area (Å²) < 4.78 is 5.04. The molecule has 0 saturated carbocycles. The second-order valence-electron chi connectivity index (χ2n) is 6.82. The Morgan fingerprint density at radius 2 is 2.08 bits per heavy atom. The Morgan fingerprint density at radius 3 is 2.64 bits per heavy atom. The number of aryl methyl sites for hydroxylation is 1. The van der Waals surface area contributed by atoms with Crippen molar-refractivity contribution in [3.05, 3.63) is 11.8 Å². The molecule has 2 aliphatic rings. The Hall–Kier alpha value is -2.09. The SMILES string of the molecule is CCN1CCN(C2CCN([C@H](C)C(=O)Nc3cc(C)no3)CC2)C1=O. The van der Waals surface area contributed by atoms with Crippen LogP contribution < -0.4 is 5.32 Å². The summed E-state index contributed by atoms with van der Waals surface area (Å²) in [5.74, 6) is 0.288. The summed E-state index contributed by atoms with van der Waals surface area (Å²) in [5, 5.41) is 6.54. The van der Waals surface area contributed by atoms with Gasteiger partial charge in [0.2, 0.25) is 11.8 Å². The lowest BCUT2D eigenvalue weighted by atomic mass is 10.0. The molecule has 8 nitrogen and oxygen atoms in total. The summed E-state index contributed by atoms with van der Waals surface area (Å²) >= 11 is 0. The number of aromatic nitrogens is 1. The van der Waals surface area contributed by atoms with E-state index in [0.717, 1.165) is 51.3 Å². The summed E-state index contributed by atoms with van der Waals surface area (Å²) in [6.45, 7) is 9.76. The van der Waals surface area contributed by atoms with Gasteiger partial charge < -0.3 is 14.3 Å². The summed E-state index contributed by atoms with van der Waals surface area (Å²) in [5.41, 5.74) is 0.736. The number of nitrogens with one attached hydrogen (secondary N) is 1. The van der Waals surface area contributed by atoms with Crippen molar-refractivity contribution in [2.75, 3.05) is 38.0 Å². The first kappa shape index (κ1) is 17.7. The molecule has 2 saturated heterocycles. The molecule has 1 atom stereocenters. The number of likely N-dealkylation sites (tertiary alicyclic amines) is 1. The van der Waals surface area contributed by atoms with Crippen LogP contribution in [0.5, 0.6) is 0 Å². The number of carbonyl (C=O) groups excluding carboxylic acids is 2. The van der Waals surface area contributed by atoms with Crippen molar-refractivity contribution in [1.82, 2.24) is 19.9 Å². The maximum absolute atomic E-state index is 12.4. The molecule has 25 heavy (non-hydrogen) atoms. The Balaban J connectivity index is 1.50. The number of likely N-dealkylation sites (N-methyl/N-ethyl adjacent to an activating group) is 1. The summed E-state index contributed by atoms with van der Waals surface area (Å²) in [6.07, 6.45) is 1.81. The van der Waals surface area contributed by atoms with E-state index >= 15 is 0 Å². The van der Waals surface area contributed by atoms with Gasteiger partial charge in [-0.1, -0.05) is 5.16 Å². The van der Waals surface area contributed by atoms with Crippen LogP contribution >= 0.6 is 0 Å². The van der Waals surface area contributed by atoms with Crippen molar-refractivity contribution in [3.8, 4) is 0 Å². The molecule has 1 aromatic heterocycles. The molecule has 0 radical (unpaired) electrons. The van der Waals surface area contributed by atoms with Gasteiger partial charge in [-0.3, -0.25) is 15.0 Å². The van der Waals surface area contributed by atoms with Gasteiger partial charge in [0.05, 0.1) is 11.7 Å². The van der Waals surface area contributed by atoms with E-state index in [0.29, 0.717) is 5.88 Å². The Labute approximate surface area is 148 Å². The minimum absolute atomic E-state index is 0.0935. The number of piperidine rings is 1. The van der Waals surface area contributed by atoms with E-state index in [9.17, 15) is 9.59 Å². The molecule has 0 bridgehead atoms. The second-order valence-corrected chi connectivity index (χ2v) is 6.82. The van der Waals surface area contributed by atoms with Crippen molar-refractivity contribution in [1.29, 1.82) is 0 Å². The zero-order chi connectivity index (χ0) is 18.0. The van der Waals surface area contributed by atoms with Gasteiger partial charge in [0.15, 0.2) is 0 Å². The van der Waals surface area contributed by atoms with Gasteiger partial charge in [-0.25, -0.2) is 4.79 Å². The van der Waals surface area contributed by atoms with Gasteiger partial charge in [0, 0.05) is 44.8 Å². The number of carbonyl (C=O) groups is 2. The maximum atomic E-state index is 12.4. The molecule has 2 fully saturated rings. The predicted molar refractivity (Wildman–Crippen MR) is 93.3 cm³/mol. The number of hydrogen-bond acceptors (Lipinski definition) is 5. The predicted octanol–water partition coefficient (Wildman–Crippen LogP) is 1.53. The van der Waals surface area contributed by atoms with Crippen LogP contribution in [-0.4, -0.2) is 76.6 Å². The first-order valence-corrected chi connectivity index (χ1v) is 9.03. The highest BCUT2D eigenvalue weighted by molar-refractivity contribution is 5.93. The number of rotatable bonds is 5. The molecule has 0 aromatic carbocycles. The average Bonchev–Trinajstić information content (AvgIpc) is 3.19. The molecular formula is C17H27N5O3. The van der Waals surface area contributed by atoms with Crippen LogP contribution in [0.1, 0.15) is 32.4 Å². The van der Waals surface area contributed by atoms with Crippen LogP contribution in [0.15, 0.2) is 10.6 Å². The van der Waals surface area contributed by atoms with E-state index in [1.807, 2.05) is 30.6 Å². The largest absolute Gasteiger partial charge is 0.338 e. The van der Waals surface area contributed by atoms with Crippen molar-refractivity contribution in [3.63, 3.8) is 0 Å². The number of hydrogen-bond donors (Lipinski definition) is 1. The minimum atomic E-state index is -0.243. The Morgan fingerprint density at radius 1 is 1.36 bits per heavy atom. The third kappa shape index (κ3) is 3.78. The molecule has 0 aliphatic carbocycles. The Bertz CT molecular complexity index is 624. The molecule has 2 aliphatic heterocycles. The highest BCUT2D eigenvalue weighted by atomic mass is 16.5. The summed E-state index contributed by atoms with van der Waals surface area (Å²) in [4.78, 5) is 30.8. The van der Waals surface area contributed by atoms with E-state index < -0.39 is 0 Å². The van der Waals surface area contributed by atoms with E-state index in [1.54, 1.807) is 6.07 Å². The molecule has 3 rings (SSSR count). The zero-order valence-electron chi connectivity index (χ0n) is 15.2. The van der Waals surface area contributed by atoms with E-state index in [4.69, 9.17) is 4.52 Å². The Kier molecular flexibility index (Phi) is 5.27. The molecule has 3 amide bonds. The van der Waals surface area contributed by atoms with Crippen molar-refractivity contribution in [2.24, 2.45) is 0 Å². The minimum Gasteiger partial charge on any atom is -0.338 e. The topological polar surface area (TPSA) is 81.9 Å². The van der Waals surface area contributed by atoms with Crippen LogP contribution in [0.25, 0.3) is 0 Å². The molecule has 8 heteroatoms. The molecule has 3 heterocycles. The number of anilines is 1. The average molecular weight is 349 g/mol. The van der Waals surface area contributed by atoms with Gasteiger partial charge in [-0.05, 0) is 33.6 Å². The lowest BCUT2D eigenvalue weighted by Crippen LogP contribution is -2.51. The summed E-state index contributed by atoms with van der Waals surface area (Å²) in [7, 11) is 0. The van der Waals surface area contributed by atoms with Gasteiger partial charge in [0.25, 0.3) is 0 Å². The van der Waals surface area contributed by atoms with Crippen LogP contribution in [0.2, 0.25) is 0 Å². The fraction of sp³-hybridized carbons (Fsp3) is 0.706. The van der Waals surface area contributed by atoms with Crippen LogP contribution in [0.3, 0.4) is 0 Å². The van der Waals surface area contributed by atoms with Crippen molar-refractivity contribution in [2.45, 2.75) is 45.7 Å². The molecule has 0 unspecified atom stereocenters. The first-order valence-electron chi connectivity index (χ1n) is 9.03. The van der Waals surface area contributed by atoms with E-state index in [1.165, 1.54) is 0 Å². The molecule has 0 spiro atoms. The molecule has 1 N–H and O–H groups in total. The first-order chi connectivity index (χ1) is 12.0. The number of urea groups is 1. The van der Waals surface area contributed by atoms with Crippen molar-refractivity contribution >= 4 is 17.8 Å². The zero-order valence-corrected chi connectivity index (χ0v) is 15.2. The van der Waals surface area contributed by atoms with Gasteiger partial charge in [-0.15, -0.1) is 0 Å². The number of nitrogens with zero attached hydrogens (tertiary/aromatic N) is 4.